The van der Waals surface area contributed by atoms with E-state index < -0.39 is 0 Å². The molecule has 25 heavy (non-hydrogen) atoms. The number of rotatable bonds is 7. The van der Waals surface area contributed by atoms with Gasteiger partial charge >= 0.3 is 0 Å². The molecule has 0 saturated carbocycles. The molecule has 3 aromatic rings. The predicted molar refractivity (Wildman–Crippen MR) is 98.9 cm³/mol. The summed E-state index contributed by atoms with van der Waals surface area (Å²) in [7, 11) is 0. The third-order valence-corrected chi connectivity index (χ3v) is 5.00. The van der Waals surface area contributed by atoms with Gasteiger partial charge in [-0.25, -0.2) is 0 Å². The van der Waals surface area contributed by atoms with E-state index in [0.717, 1.165) is 5.56 Å². The Morgan fingerprint density at radius 2 is 2.00 bits per heavy atom. The van der Waals surface area contributed by atoms with Crippen LogP contribution in [0.25, 0.3) is 0 Å². The van der Waals surface area contributed by atoms with Crippen molar-refractivity contribution < 1.29 is 4.79 Å². The summed E-state index contributed by atoms with van der Waals surface area (Å²) in [5, 5.41) is 4.21. The molecule has 130 valence electrons. The first-order chi connectivity index (χ1) is 12.1. The normalized spacial score (nSPS) is 12.1. The van der Waals surface area contributed by atoms with Crippen molar-refractivity contribution in [3.63, 3.8) is 0 Å². The van der Waals surface area contributed by atoms with E-state index in [1.165, 1.54) is 9.75 Å². The van der Waals surface area contributed by atoms with Gasteiger partial charge < -0.3 is 4.90 Å². The summed E-state index contributed by atoms with van der Waals surface area (Å²) in [5.41, 5.74) is 1.09. The van der Waals surface area contributed by atoms with Crippen molar-refractivity contribution in [1.82, 2.24) is 19.7 Å². The van der Waals surface area contributed by atoms with Gasteiger partial charge in [0.1, 0.15) is 0 Å². The summed E-state index contributed by atoms with van der Waals surface area (Å²) in [5.74, 6) is 0.00108. The van der Waals surface area contributed by atoms with Crippen molar-refractivity contribution in [3.8, 4) is 0 Å². The highest BCUT2D eigenvalue weighted by Crippen LogP contribution is 2.20. The van der Waals surface area contributed by atoms with Gasteiger partial charge in [0.05, 0.1) is 19.0 Å². The molecule has 5 nitrogen and oxygen atoms in total. The summed E-state index contributed by atoms with van der Waals surface area (Å²) in [6, 6.07) is 9.99. The van der Waals surface area contributed by atoms with Gasteiger partial charge in [0.2, 0.25) is 5.91 Å². The molecule has 1 unspecified atom stereocenters. The van der Waals surface area contributed by atoms with Crippen LogP contribution in [0.15, 0.2) is 55.1 Å². The zero-order chi connectivity index (χ0) is 17.6. The third-order valence-electron chi connectivity index (χ3n) is 4.02. The van der Waals surface area contributed by atoms with E-state index in [4.69, 9.17) is 0 Å². The average Bonchev–Trinajstić information content (AvgIpc) is 3.26. The molecule has 0 N–H and O–H groups in total. The Bertz CT molecular complexity index is 798. The van der Waals surface area contributed by atoms with E-state index in [2.05, 4.69) is 29.1 Å². The number of carbonyl (C=O) groups is 1. The molecule has 1 amide bonds. The zero-order valence-electron chi connectivity index (χ0n) is 14.5. The number of aryl methyl sites for hydroxylation is 1. The van der Waals surface area contributed by atoms with Gasteiger partial charge in [0.25, 0.3) is 0 Å². The third kappa shape index (κ3) is 4.76. The lowest BCUT2D eigenvalue weighted by atomic mass is 10.1. The van der Waals surface area contributed by atoms with Crippen LogP contribution in [-0.4, -0.2) is 25.6 Å². The second kappa shape index (κ2) is 8.07. The molecule has 0 spiro atoms. The number of carbonyl (C=O) groups excluding carboxylic acids is 1. The molecular formula is C19H22N4OS. The molecule has 3 rings (SSSR count). The van der Waals surface area contributed by atoms with Gasteiger partial charge in [-0.15, -0.1) is 11.3 Å². The molecule has 0 aromatic carbocycles. The Labute approximate surface area is 151 Å². The van der Waals surface area contributed by atoms with Gasteiger partial charge in [0, 0.05) is 41.1 Å². The monoisotopic (exact) mass is 354 g/mol. The van der Waals surface area contributed by atoms with Crippen LogP contribution in [0.3, 0.4) is 0 Å². The average molecular weight is 354 g/mol. The topological polar surface area (TPSA) is 51.0 Å². The minimum atomic E-state index is -0.136. The van der Waals surface area contributed by atoms with E-state index >= 15 is 0 Å². The van der Waals surface area contributed by atoms with Crippen LogP contribution < -0.4 is 0 Å². The molecule has 0 bridgehead atoms. The number of nitrogens with zero attached hydrogens (tertiary/aromatic N) is 4. The van der Waals surface area contributed by atoms with Gasteiger partial charge in [0.15, 0.2) is 0 Å². The van der Waals surface area contributed by atoms with Crippen molar-refractivity contribution >= 4 is 17.2 Å². The standard InChI is InChI=1S/C19H22N4OS/c1-15(12-23-11-3-8-21-23)19(24)22(13-17-6-9-20-10-7-17)14-18-5-4-16(2)25-18/h3-11,15H,12-14H2,1-2H3. The fraction of sp³-hybridized carbons (Fsp3) is 0.316. The maximum Gasteiger partial charge on any atom is 0.227 e. The second-order valence-electron chi connectivity index (χ2n) is 6.19. The predicted octanol–water partition coefficient (Wildman–Crippen LogP) is 3.51. The number of hydrogen-bond donors (Lipinski definition) is 0. The summed E-state index contributed by atoms with van der Waals surface area (Å²) in [6.07, 6.45) is 7.15. The molecule has 3 heterocycles. The quantitative estimate of drug-likeness (QED) is 0.652. The summed E-state index contributed by atoms with van der Waals surface area (Å²) >= 11 is 1.74. The molecule has 3 aromatic heterocycles. The maximum absolute atomic E-state index is 13.1. The Morgan fingerprint density at radius 3 is 2.64 bits per heavy atom. The molecule has 0 radical (unpaired) electrons. The van der Waals surface area contributed by atoms with Crippen molar-refractivity contribution in [1.29, 1.82) is 0 Å². The number of hydrogen-bond acceptors (Lipinski definition) is 4. The van der Waals surface area contributed by atoms with Crippen LogP contribution >= 0.6 is 11.3 Å². The Kier molecular flexibility index (Phi) is 5.60. The summed E-state index contributed by atoms with van der Waals surface area (Å²) < 4.78 is 1.81. The van der Waals surface area contributed by atoms with Crippen molar-refractivity contribution in [2.45, 2.75) is 33.5 Å². The van der Waals surface area contributed by atoms with E-state index in [1.807, 2.05) is 40.9 Å². The molecule has 1 atom stereocenters. The Morgan fingerprint density at radius 1 is 1.20 bits per heavy atom. The molecular weight excluding hydrogens is 332 g/mol. The van der Waals surface area contributed by atoms with E-state index in [-0.39, 0.29) is 11.8 Å². The van der Waals surface area contributed by atoms with Crippen LogP contribution in [0.2, 0.25) is 0 Å². The minimum absolute atomic E-state index is 0.136. The Balaban J connectivity index is 1.75. The van der Waals surface area contributed by atoms with Crippen LogP contribution in [0.4, 0.5) is 0 Å². The highest BCUT2D eigenvalue weighted by atomic mass is 32.1. The molecule has 0 aliphatic heterocycles. The smallest absolute Gasteiger partial charge is 0.227 e. The van der Waals surface area contributed by atoms with Gasteiger partial charge in [-0.1, -0.05) is 6.92 Å². The lowest BCUT2D eigenvalue weighted by molar-refractivity contribution is -0.136. The maximum atomic E-state index is 13.1. The van der Waals surface area contributed by atoms with Gasteiger partial charge in [-0.2, -0.15) is 5.10 Å². The zero-order valence-corrected chi connectivity index (χ0v) is 15.3. The number of pyridine rings is 1. The number of aromatic nitrogens is 3. The minimum Gasteiger partial charge on any atom is -0.333 e. The number of thiophene rings is 1. The summed E-state index contributed by atoms with van der Waals surface area (Å²) in [6.45, 7) is 5.85. The fourth-order valence-electron chi connectivity index (χ4n) is 2.76. The highest BCUT2D eigenvalue weighted by molar-refractivity contribution is 7.11. The first-order valence-electron chi connectivity index (χ1n) is 8.32. The molecule has 0 aliphatic carbocycles. The second-order valence-corrected chi connectivity index (χ2v) is 7.56. The van der Waals surface area contributed by atoms with E-state index in [0.29, 0.717) is 19.6 Å². The number of amides is 1. The lowest BCUT2D eigenvalue weighted by Crippen LogP contribution is -2.35. The van der Waals surface area contributed by atoms with E-state index in [9.17, 15) is 4.79 Å². The molecule has 0 aliphatic rings. The van der Waals surface area contributed by atoms with Crippen LogP contribution in [0, 0.1) is 12.8 Å². The van der Waals surface area contributed by atoms with Gasteiger partial charge in [-0.05, 0) is 42.8 Å². The van der Waals surface area contributed by atoms with Gasteiger partial charge in [-0.3, -0.25) is 14.5 Å². The largest absolute Gasteiger partial charge is 0.333 e. The molecule has 0 fully saturated rings. The van der Waals surface area contributed by atoms with Crippen molar-refractivity contribution in [2.24, 2.45) is 5.92 Å². The van der Waals surface area contributed by atoms with Crippen LogP contribution in [-0.2, 0) is 24.4 Å². The van der Waals surface area contributed by atoms with Crippen molar-refractivity contribution in [2.75, 3.05) is 0 Å². The van der Waals surface area contributed by atoms with Crippen LogP contribution in [0.1, 0.15) is 22.2 Å². The van der Waals surface area contributed by atoms with Crippen molar-refractivity contribution in [3.05, 3.63) is 70.4 Å². The summed E-state index contributed by atoms with van der Waals surface area (Å²) in [4.78, 5) is 21.5. The first-order valence-corrected chi connectivity index (χ1v) is 9.14. The first kappa shape index (κ1) is 17.4. The highest BCUT2D eigenvalue weighted by Gasteiger charge is 2.22. The SMILES string of the molecule is Cc1ccc(CN(Cc2ccncc2)C(=O)C(C)Cn2cccn2)s1. The Hall–Kier alpha value is -2.47. The van der Waals surface area contributed by atoms with Crippen LogP contribution in [0.5, 0.6) is 0 Å². The molecule has 6 heteroatoms. The molecule has 0 saturated heterocycles. The lowest BCUT2D eigenvalue weighted by Gasteiger charge is -2.25. The fourth-order valence-corrected chi connectivity index (χ4v) is 3.66. The van der Waals surface area contributed by atoms with E-state index in [1.54, 1.807) is 29.9 Å².